The van der Waals surface area contributed by atoms with E-state index in [-0.39, 0.29) is 24.8 Å². The molecule has 3 heteroatoms. The molecule has 0 saturated carbocycles. The van der Waals surface area contributed by atoms with Gasteiger partial charge in [0.15, 0.2) is 0 Å². The maximum atomic E-state index is 10.2. The fraction of sp³-hybridized carbons (Fsp3) is 0.800. The molecule has 0 bridgehead atoms. The van der Waals surface area contributed by atoms with E-state index >= 15 is 0 Å². The minimum absolute atomic E-state index is 0. The van der Waals surface area contributed by atoms with Crippen molar-refractivity contribution in [3.8, 4) is 0 Å². The van der Waals surface area contributed by atoms with Gasteiger partial charge in [-0.2, -0.15) is 0 Å². The number of esters is 1. The molecule has 0 aromatic carbocycles. The molecule has 0 unspecified atom stereocenters. The molecule has 0 saturated heterocycles. The predicted molar refractivity (Wildman–Crippen MR) is 32.7 cm³/mol. The van der Waals surface area contributed by atoms with E-state index in [1.807, 2.05) is 0 Å². The molecule has 0 heterocycles. The van der Waals surface area contributed by atoms with Crippen molar-refractivity contribution in [3.05, 3.63) is 0 Å². The summed E-state index contributed by atoms with van der Waals surface area (Å²) in [5, 5.41) is 0. The van der Waals surface area contributed by atoms with E-state index in [1.165, 1.54) is 0 Å². The van der Waals surface area contributed by atoms with E-state index in [9.17, 15) is 4.79 Å². The molecule has 0 aliphatic carbocycles. The van der Waals surface area contributed by atoms with Gasteiger partial charge < -0.3 is 4.74 Å². The average Bonchev–Trinajstić information content (AvgIpc) is 1.68. The predicted octanol–water partition coefficient (Wildman–Crippen LogP) is 0.579. The summed E-state index contributed by atoms with van der Waals surface area (Å²) in [5.41, 5.74) is 0. The van der Waals surface area contributed by atoms with Gasteiger partial charge in [-0.3, -0.25) is 4.79 Å². The summed E-state index contributed by atoms with van der Waals surface area (Å²) in [4.78, 5) is 10.2. The van der Waals surface area contributed by atoms with E-state index in [4.69, 9.17) is 0 Å². The summed E-state index contributed by atoms with van der Waals surface area (Å²) < 4.78 is 4.55. The van der Waals surface area contributed by atoms with Crippen LogP contribution in [0.15, 0.2) is 0 Å². The largest absolute Gasteiger partial charge is 0.466 e. The molecular formula is C5H10LiO2. The van der Waals surface area contributed by atoms with Gasteiger partial charge in [-0.05, 0) is 6.92 Å². The summed E-state index contributed by atoms with van der Waals surface area (Å²) in [7, 11) is 0. The first-order chi connectivity index (χ1) is 3.31. The van der Waals surface area contributed by atoms with E-state index in [2.05, 4.69) is 4.74 Å². The van der Waals surface area contributed by atoms with Crippen LogP contribution in [0.25, 0.3) is 0 Å². The van der Waals surface area contributed by atoms with Gasteiger partial charge in [0.25, 0.3) is 0 Å². The minimum Gasteiger partial charge on any atom is -0.466 e. The van der Waals surface area contributed by atoms with Gasteiger partial charge in [0.1, 0.15) is 0 Å². The molecule has 0 fully saturated rings. The van der Waals surface area contributed by atoms with Crippen molar-refractivity contribution in [2.75, 3.05) is 6.61 Å². The monoisotopic (exact) mass is 109 g/mol. The van der Waals surface area contributed by atoms with Crippen LogP contribution in [0.3, 0.4) is 0 Å². The van der Waals surface area contributed by atoms with Crippen molar-refractivity contribution < 1.29 is 9.53 Å². The van der Waals surface area contributed by atoms with Gasteiger partial charge in [0.05, 0.1) is 6.61 Å². The number of rotatable bonds is 2. The van der Waals surface area contributed by atoms with Crippen molar-refractivity contribution in [3.63, 3.8) is 0 Å². The van der Waals surface area contributed by atoms with Crippen LogP contribution in [-0.4, -0.2) is 31.4 Å². The van der Waals surface area contributed by atoms with Gasteiger partial charge in [0.2, 0.25) is 0 Å². The molecule has 0 amide bonds. The van der Waals surface area contributed by atoms with Crippen molar-refractivity contribution in [1.29, 1.82) is 0 Å². The third kappa shape index (κ3) is 6.07. The molecule has 0 spiro atoms. The smallest absolute Gasteiger partial charge is 0.305 e. The van der Waals surface area contributed by atoms with E-state index in [0.717, 1.165) is 0 Å². The van der Waals surface area contributed by atoms with Gasteiger partial charge in [-0.25, -0.2) is 0 Å². The Labute approximate surface area is 61.8 Å². The van der Waals surface area contributed by atoms with Crippen molar-refractivity contribution >= 4 is 24.8 Å². The van der Waals surface area contributed by atoms with Crippen LogP contribution < -0.4 is 0 Å². The molecular weight excluding hydrogens is 99.0 g/mol. The third-order valence-corrected chi connectivity index (χ3v) is 0.594. The summed E-state index contributed by atoms with van der Waals surface area (Å²) in [6.07, 6.45) is 0.480. The molecule has 2 nitrogen and oxygen atoms in total. The number of hydrogen-bond acceptors (Lipinski definition) is 2. The minimum atomic E-state index is -0.123. The molecule has 0 rings (SSSR count). The second-order valence-corrected chi connectivity index (χ2v) is 1.16. The normalized spacial score (nSPS) is 7.25. The molecule has 0 aromatic rings. The number of ether oxygens (including phenoxy) is 1. The second-order valence-electron chi connectivity index (χ2n) is 1.16. The Balaban J connectivity index is 0. The maximum Gasteiger partial charge on any atom is 0.305 e. The zero-order chi connectivity index (χ0) is 5.70. The Morgan fingerprint density at radius 3 is 2.12 bits per heavy atom. The SMILES string of the molecule is CCOC(=O)CC.[Li]. The quantitative estimate of drug-likeness (QED) is 0.383. The topological polar surface area (TPSA) is 26.3 Å². The number of carbonyl (C=O) groups excluding carboxylic acids is 1. The van der Waals surface area contributed by atoms with Crippen molar-refractivity contribution in [2.45, 2.75) is 20.3 Å². The Bertz CT molecular complexity index is 63.4. The van der Waals surface area contributed by atoms with Gasteiger partial charge in [-0.15, -0.1) is 0 Å². The van der Waals surface area contributed by atoms with Crippen LogP contribution >= 0.6 is 0 Å². The Morgan fingerprint density at radius 2 is 2.00 bits per heavy atom. The van der Waals surface area contributed by atoms with Gasteiger partial charge >= 0.3 is 5.97 Å². The first-order valence-electron chi connectivity index (χ1n) is 2.46. The first-order valence-corrected chi connectivity index (χ1v) is 2.46. The Hall–Kier alpha value is 0.0674. The average molecular weight is 109 g/mol. The van der Waals surface area contributed by atoms with Crippen molar-refractivity contribution in [2.24, 2.45) is 0 Å². The van der Waals surface area contributed by atoms with E-state index < -0.39 is 0 Å². The molecule has 0 aromatic heterocycles. The zero-order valence-electron chi connectivity index (χ0n) is 5.73. The maximum absolute atomic E-state index is 10.2. The zero-order valence-corrected chi connectivity index (χ0v) is 5.73. The summed E-state index contributed by atoms with van der Waals surface area (Å²) in [6.45, 7) is 4.07. The fourth-order valence-corrected chi connectivity index (χ4v) is 0.263. The van der Waals surface area contributed by atoms with Gasteiger partial charge in [0, 0.05) is 25.3 Å². The van der Waals surface area contributed by atoms with Crippen LogP contribution in [0.5, 0.6) is 0 Å². The van der Waals surface area contributed by atoms with Crippen LogP contribution in [0, 0.1) is 0 Å². The fourth-order valence-electron chi connectivity index (χ4n) is 0.263. The number of hydrogen-bond donors (Lipinski definition) is 0. The van der Waals surface area contributed by atoms with Crippen molar-refractivity contribution in [1.82, 2.24) is 0 Å². The molecule has 0 aliphatic rings. The summed E-state index contributed by atoms with van der Waals surface area (Å²) >= 11 is 0. The number of carbonyl (C=O) groups is 1. The summed E-state index contributed by atoms with van der Waals surface area (Å²) in [6, 6.07) is 0. The Kier molecular flexibility index (Phi) is 9.67. The van der Waals surface area contributed by atoms with Crippen LogP contribution in [-0.2, 0) is 9.53 Å². The van der Waals surface area contributed by atoms with Crippen LogP contribution in [0.2, 0.25) is 0 Å². The van der Waals surface area contributed by atoms with E-state index in [1.54, 1.807) is 13.8 Å². The molecule has 1 radical (unpaired) electrons. The Morgan fingerprint density at radius 1 is 1.50 bits per heavy atom. The second kappa shape index (κ2) is 7.07. The van der Waals surface area contributed by atoms with Crippen LogP contribution in [0.1, 0.15) is 20.3 Å². The summed E-state index contributed by atoms with van der Waals surface area (Å²) in [5.74, 6) is -0.123. The molecule has 8 heavy (non-hydrogen) atoms. The third-order valence-electron chi connectivity index (χ3n) is 0.594. The standard InChI is InChI=1S/C5H10O2.Li/c1-3-5(6)7-4-2;/h3-4H2,1-2H3;. The molecule has 0 aliphatic heterocycles. The van der Waals surface area contributed by atoms with Crippen LogP contribution in [0.4, 0.5) is 0 Å². The van der Waals surface area contributed by atoms with E-state index in [0.29, 0.717) is 13.0 Å². The first kappa shape index (κ1) is 10.9. The molecule has 43 valence electrons. The molecule has 0 atom stereocenters. The van der Waals surface area contributed by atoms with Gasteiger partial charge in [-0.1, -0.05) is 6.92 Å². The molecule has 0 N–H and O–H groups in total.